The molecule has 0 atom stereocenters. The van der Waals surface area contributed by atoms with E-state index in [-0.39, 0.29) is 11.1 Å². The van der Waals surface area contributed by atoms with E-state index in [4.69, 9.17) is 4.74 Å². The van der Waals surface area contributed by atoms with Gasteiger partial charge in [0.25, 0.3) is 5.56 Å². The largest absolute Gasteiger partial charge is 0.454 e. The second kappa shape index (κ2) is 9.21. The van der Waals surface area contributed by atoms with E-state index in [0.29, 0.717) is 28.2 Å². The number of rotatable bonds is 6. The van der Waals surface area contributed by atoms with Crippen LogP contribution in [-0.4, -0.2) is 32.3 Å². The molecule has 0 spiro atoms. The number of Topliss-reactive ketones (excluding diaryl/α,β-unsaturated/α-hetero) is 1. The summed E-state index contributed by atoms with van der Waals surface area (Å²) >= 11 is 0. The van der Waals surface area contributed by atoms with E-state index in [2.05, 4.69) is 0 Å². The maximum atomic E-state index is 13.8. The number of halogens is 1. The van der Waals surface area contributed by atoms with Crippen molar-refractivity contribution in [1.29, 1.82) is 0 Å². The molecule has 0 aliphatic heterocycles. The molecule has 0 unspecified atom stereocenters. The first kappa shape index (κ1) is 23.9. The van der Waals surface area contributed by atoms with E-state index in [9.17, 15) is 18.8 Å². The van der Waals surface area contributed by atoms with Crippen molar-refractivity contribution < 1.29 is 18.7 Å². The molecule has 35 heavy (non-hydrogen) atoms. The van der Waals surface area contributed by atoms with Gasteiger partial charge in [-0.15, -0.1) is 0 Å². The summed E-state index contributed by atoms with van der Waals surface area (Å²) in [5.41, 5.74) is 3.74. The van der Waals surface area contributed by atoms with E-state index in [0.717, 1.165) is 17.4 Å². The van der Waals surface area contributed by atoms with Gasteiger partial charge in [0.05, 0.1) is 16.9 Å². The van der Waals surface area contributed by atoms with Crippen LogP contribution in [0.1, 0.15) is 43.4 Å². The zero-order valence-corrected chi connectivity index (χ0v) is 20.3. The van der Waals surface area contributed by atoms with E-state index in [1.807, 2.05) is 44.2 Å². The van der Waals surface area contributed by atoms with Gasteiger partial charge in [-0.25, -0.2) is 13.9 Å². The molecule has 0 fully saturated rings. The Bertz CT molecular complexity index is 1510. The second-order valence-electron chi connectivity index (χ2n) is 8.49. The molecule has 4 aromatic rings. The van der Waals surface area contributed by atoms with E-state index < -0.39 is 24.2 Å². The molecule has 0 saturated heterocycles. The van der Waals surface area contributed by atoms with Crippen molar-refractivity contribution in [2.75, 3.05) is 6.61 Å². The third-order valence-corrected chi connectivity index (χ3v) is 6.22. The maximum absolute atomic E-state index is 13.8. The normalized spacial score (nSPS) is 11.0. The maximum Gasteiger partial charge on any atom is 0.338 e. The Balaban J connectivity index is 1.64. The molecule has 0 radical (unpaired) electrons. The number of aryl methyl sites for hydroxylation is 2. The van der Waals surface area contributed by atoms with Crippen LogP contribution in [0.25, 0.3) is 11.4 Å². The highest BCUT2D eigenvalue weighted by Crippen LogP contribution is 2.23. The molecule has 7 nitrogen and oxygen atoms in total. The number of aromatic nitrogens is 3. The minimum absolute atomic E-state index is 0.0349. The van der Waals surface area contributed by atoms with E-state index in [1.165, 1.54) is 12.1 Å². The fourth-order valence-electron chi connectivity index (χ4n) is 4.21. The fourth-order valence-corrected chi connectivity index (χ4v) is 4.21. The number of hydrogen-bond donors (Lipinski definition) is 0. The Morgan fingerprint density at radius 3 is 2.29 bits per heavy atom. The average Bonchev–Trinajstić information content (AvgIpc) is 3.25. The Labute approximate surface area is 202 Å². The Kier molecular flexibility index (Phi) is 6.30. The van der Waals surface area contributed by atoms with Gasteiger partial charge >= 0.3 is 5.97 Å². The van der Waals surface area contributed by atoms with Crippen LogP contribution in [0.4, 0.5) is 4.39 Å². The van der Waals surface area contributed by atoms with Crippen LogP contribution >= 0.6 is 0 Å². The molecular formula is C27H26FN3O4. The number of ketones is 1. The number of esters is 1. The first-order chi connectivity index (χ1) is 16.6. The zero-order valence-electron chi connectivity index (χ0n) is 20.3. The van der Waals surface area contributed by atoms with Crippen molar-refractivity contribution in [2.45, 2.75) is 27.7 Å². The summed E-state index contributed by atoms with van der Waals surface area (Å²) in [7, 11) is 1.81. The van der Waals surface area contributed by atoms with Crippen LogP contribution < -0.4 is 5.56 Å². The fraction of sp³-hybridized carbons (Fsp3) is 0.222. The van der Waals surface area contributed by atoms with Crippen LogP contribution in [0.2, 0.25) is 0 Å². The highest BCUT2D eigenvalue weighted by Gasteiger charge is 2.24. The number of carbonyl (C=O) groups excluding carboxylic acids is 2. The smallest absolute Gasteiger partial charge is 0.338 e. The summed E-state index contributed by atoms with van der Waals surface area (Å²) in [5, 5.41) is 0. The third-order valence-electron chi connectivity index (χ3n) is 6.22. The predicted octanol–water partition coefficient (Wildman–Crippen LogP) is 4.38. The van der Waals surface area contributed by atoms with Gasteiger partial charge in [0, 0.05) is 24.0 Å². The summed E-state index contributed by atoms with van der Waals surface area (Å²) < 4.78 is 24.0. The van der Waals surface area contributed by atoms with Crippen molar-refractivity contribution in [3.05, 3.63) is 105 Å². The molecule has 2 aromatic heterocycles. The highest BCUT2D eigenvalue weighted by atomic mass is 19.1. The van der Waals surface area contributed by atoms with Gasteiger partial charge in [-0.1, -0.05) is 24.3 Å². The van der Waals surface area contributed by atoms with Crippen LogP contribution in [-0.2, 0) is 11.8 Å². The topological polar surface area (TPSA) is 75.2 Å². The van der Waals surface area contributed by atoms with Gasteiger partial charge in [0.2, 0.25) is 5.78 Å². The summed E-state index contributed by atoms with van der Waals surface area (Å²) in [6.45, 7) is 6.49. The van der Waals surface area contributed by atoms with Crippen molar-refractivity contribution in [1.82, 2.24) is 13.9 Å². The molecule has 0 bridgehead atoms. The number of para-hydroxylation sites is 1. The molecule has 8 heteroatoms. The third kappa shape index (κ3) is 4.23. The lowest BCUT2D eigenvalue weighted by Gasteiger charge is -2.09. The van der Waals surface area contributed by atoms with Crippen LogP contribution in [0, 0.1) is 33.5 Å². The molecule has 0 amide bonds. The SMILES string of the molecule is Cc1ccc(C(=O)OCC(=O)c2cc(C)n(-c3c(C)n(C)n(-c4ccccc4)c3=O)c2C)cc1F. The molecule has 2 heterocycles. The number of carbonyl (C=O) groups is 2. The molecule has 0 aliphatic carbocycles. The van der Waals surface area contributed by atoms with E-state index >= 15 is 0 Å². The molecule has 2 aromatic carbocycles. The standard InChI is InChI=1S/C27H26FN3O4/c1-16-11-12-20(14-23(16)28)27(34)35-15-24(32)22-13-17(2)30(18(22)3)25-19(4)29(5)31(26(25)33)21-9-7-6-8-10-21/h6-14H,15H2,1-5H3. The van der Waals surface area contributed by atoms with Gasteiger partial charge in [-0.3, -0.25) is 14.3 Å². The number of hydrogen-bond acceptors (Lipinski definition) is 4. The second-order valence-corrected chi connectivity index (χ2v) is 8.49. The van der Waals surface area contributed by atoms with Crippen LogP contribution in [0.5, 0.6) is 0 Å². The minimum Gasteiger partial charge on any atom is -0.454 e. The first-order valence-electron chi connectivity index (χ1n) is 11.1. The average molecular weight is 476 g/mol. The predicted molar refractivity (Wildman–Crippen MR) is 130 cm³/mol. The molecule has 180 valence electrons. The number of ether oxygens (including phenoxy) is 1. The molecule has 0 aliphatic rings. The van der Waals surface area contributed by atoms with Gasteiger partial charge in [-0.2, -0.15) is 0 Å². The number of benzene rings is 2. The highest BCUT2D eigenvalue weighted by molar-refractivity contribution is 6.00. The van der Waals surface area contributed by atoms with Gasteiger partial charge in [0.1, 0.15) is 11.5 Å². The van der Waals surface area contributed by atoms with Gasteiger partial charge in [-0.05, 0) is 63.6 Å². The number of nitrogens with zero attached hydrogens (tertiary/aromatic N) is 3. The van der Waals surface area contributed by atoms with Crippen molar-refractivity contribution in [3.63, 3.8) is 0 Å². The van der Waals surface area contributed by atoms with Crippen molar-refractivity contribution >= 4 is 11.8 Å². The lowest BCUT2D eigenvalue weighted by atomic mass is 10.1. The van der Waals surface area contributed by atoms with Crippen molar-refractivity contribution in [3.8, 4) is 11.4 Å². The zero-order chi connectivity index (χ0) is 25.4. The summed E-state index contributed by atoms with van der Waals surface area (Å²) in [6.07, 6.45) is 0. The van der Waals surface area contributed by atoms with Gasteiger partial charge < -0.3 is 9.30 Å². The first-order valence-corrected chi connectivity index (χ1v) is 11.1. The lowest BCUT2D eigenvalue weighted by Crippen LogP contribution is -2.22. The molecule has 0 N–H and O–H groups in total. The van der Waals surface area contributed by atoms with Crippen molar-refractivity contribution in [2.24, 2.45) is 7.05 Å². The lowest BCUT2D eigenvalue weighted by molar-refractivity contribution is 0.0474. The molecule has 4 rings (SSSR count). The van der Waals surface area contributed by atoms with E-state index in [1.54, 1.807) is 40.9 Å². The Morgan fingerprint density at radius 2 is 1.63 bits per heavy atom. The molecule has 0 saturated carbocycles. The Hall–Kier alpha value is -4.20. The van der Waals surface area contributed by atoms with Crippen LogP contribution in [0.15, 0.2) is 59.4 Å². The minimum atomic E-state index is -0.782. The Morgan fingerprint density at radius 1 is 0.943 bits per heavy atom. The quantitative estimate of drug-likeness (QED) is 0.306. The summed E-state index contributed by atoms with van der Waals surface area (Å²) in [6, 6.07) is 15.0. The monoisotopic (exact) mass is 475 g/mol. The summed E-state index contributed by atoms with van der Waals surface area (Å²) in [5.74, 6) is -1.72. The summed E-state index contributed by atoms with van der Waals surface area (Å²) in [4.78, 5) is 38.7. The van der Waals surface area contributed by atoms with Crippen LogP contribution in [0.3, 0.4) is 0 Å². The van der Waals surface area contributed by atoms with Gasteiger partial charge in [0.15, 0.2) is 6.61 Å². The molecular weight excluding hydrogens is 449 g/mol.